The molecule has 0 aromatic heterocycles. The minimum Gasteiger partial charge on any atom is -0.466 e. The van der Waals surface area contributed by atoms with Crippen molar-refractivity contribution in [3.05, 3.63) is 12.2 Å². The molecule has 0 aliphatic rings. The molecular weight excluding hydrogens is 292 g/mol. The lowest BCUT2D eigenvalue weighted by Crippen LogP contribution is -2.10. The van der Waals surface area contributed by atoms with Crippen LogP contribution in [-0.4, -0.2) is 35.5 Å². The lowest BCUT2D eigenvalue weighted by atomic mass is 10.0. The van der Waals surface area contributed by atoms with E-state index in [-0.39, 0.29) is 18.2 Å². The molecule has 0 fully saturated rings. The maximum atomic E-state index is 10.9. The van der Waals surface area contributed by atoms with Crippen LogP contribution in [0.1, 0.15) is 84.0 Å². The second-order valence-electron chi connectivity index (χ2n) is 6.30. The number of ether oxygens (including phenoxy) is 1. The minimum absolute atomic E-state index is 0.199. The number of unbranched alkanes of at least 4 members (excludes halogenated alkanes) is 5. The molecule has 0 radical (unpaired) electrons. The van der Waals surface area contributed by atoms with E-state index >= 15 is 0 Å². The van der Waals surface area contributed by atoms with Gasteiger partial charge in [0.05, 0.1) is 19.3 Å². The molecule has 0 aliphatic carbocycles. The Labute approximate surface area is 141 Å². The van der Waals surface area contributed by atoms with Gasteiger partial charge in [-0.05, 0) is 44.9 Å². The van der Waals surface area contributed by atoms with Gasteiger partial charge < -0.3 is 14.9 Å². The number of hydrogen-bond acceptors (Lipinski definition) is 4. The maximum absolute atomic E-state index is 10.9. The standard InChI is InChI=1S/C19H36O4/c1-3-4-8-12-17(20)14-11-15-18(21)13-9-6-5-7-10-16-19(22)23-2/h10,16-18,20-21H,3-9,11-15H2,1-2H3/b16-10+. The van der Waals surface area contributed by atoms with Crippen LogP contribution in [0, 0.1) is 0 Å². The first-order chi connectivity index (χ1) is 11.1. The first-order valence-corrected chi connectivity index (χ1v) is 9.20. The Hall–Kier alpha value is -0.870. The highest BCUT2D eigenvalue weighted by atomic mass is 16.5. The van der Waals surface area contributed by atoms with E-state index in [0.29, 0.717) is 0 Å². The van der Waals surface area contributed by atoms with E-state index in [1.165, 1.54) is 26.0 Å². The number of aliphatic hydroxyl groups is 2. The van der Waals surface area contributed by atoms with Gasteiger partial charge in [0.25, 0.3) is 0 Å². The maximum Gasteiger partial charge on any atom is 0.330 e. The van der Waals surface area contributed by atoms with E-state index in [4.69, 9.17) is 0 Å². The van der Waals surface area contributed by atoms with E-state index in [1.54, 1.807) is 0 Å². The van der Waals surface area contributed by atoms with Crippen molar-refractivity contribution in [3.63, 3.8) is 0 Å². The van der Waals surface area contributed by atoms with Crippen LogP contribution in [-0.2, 0) is 9.53 Å². The first-order valence-electron chi connectivity index (χ1n) is 9.20. The summed E-state index contributed by atoms with van der Waals surface area (Å²) in [6.45, 7) is 2.16. The van der Waals surface area contributed by atoms with Gasteiger partial charge in [0.1, 0.15) is 0 Å². The number of aliphatic hydroxyl groups excluding tert-OH is 2. The van der Waals surface area contributed by atoms with Crippen molar-refractivity contribution in [1.29, 1.82) is 0 Å². The Morgan fingerprint density at radius 1 is 0.913 bits per heavy atom. The summed E-state index contributed by atoms with van der Waals surface area (Å²) >= 11 is 0. The summed E-state index contributed by atoms with van der Waals surface area (Å²) in [6.07, 6.45) is 14.5. The molecule has 0 aliphatic heterocycles. The predicted molar refractivity (Wildman–Crippen MR) is 94.2 cm³/mol. The topological polar surface area (TPSA) is 66.8 Å². The van der Waals surface area contributed by atoms with E-state index in [9.17, 15) is 15.0 Å². The second-order valence-corrected chi connectivity index (χ2v) is 6.30. The van der Waals surface area contributed by atoms with Gasteiger partial charge in [0.15, 0.2) is 0 Å². The van der Waals surface area contributed by atoms with Crippen LogP contribution in [0.2, 0.25) is 0 Å². The van der Waals surface area contributed by atoms with Crippen molar-refractivity contribution in [1.82, 2.24) is 0 Å². The van der Waals surface area contributed by atoms with Crippen LogP contribution in [0.15, 0.2) is 12.2 Å². The van der Waals surface area contributed by atoms with Crippen molar-refractivity contribution in [2.75, 3.05) is 7.11 Å². The molecule has 0 rings (SSSR count). The number of allylic oxidation sites excluding steroid dienone is 1. The van der Waals surface area contributed by atoms with Crippen LogP contribution >= 0.6 is 0 Å². The average Bonchev–Trinajstić information content (AvgIpc) is 2.53. The molecule has 0 saturated carbocycles. The number of hydrogen-bond donors (Lipinski definition) is 2. The van der Waals surface area contributed by atoms with Crippen LogP contribution in [0.5, 0.6) is 0 Å². The molecule has 23 heavy (non-hydrogen) atoms. The van der Waals surface area contributed by atoms with Crippen molar-refractivity contribution in [3.8, 4) is 0 Å². The fourth-order valence-electron chi connectivity index (χ4n) is 2.57. The number of rotatable bonds is 15. The van der Waals surface area contributed by atoms with E-state index < -0.39 is 0 Å². The Bertz CT molecular complexity index is 302. The molecule has 2 atom stereocenters. The monoisotopic (exact) mass is 328 g/mol. The number of esters is 1. The highest BCUT2D eigenvalue weighted by Crippen LogP contribution is 2.14. The predicted octanol–water partition coefficient (Wildman–Crippen LogP) is 4.14. The highest BCUT2D eigenvalue weighted by molar-refractivity contribution is 5.81. The summed E-state index contributed by atoms with van der Waals surface area (Å²) in [5, 5.41) is 19.7. The lowest BCUT2D eigenvalue weighted by molar-refractivity contribution is -0.134. The molecule has 0 heterocycles. The highest BCUT2D eigenvalue weighted by Gasteiger charge is 2.07. The molecular formula is C19H36O4. The van der Waals surface area contributed by atoms with Gasteiger partial charge in [-0.15, -0.1) is 0 Å². The van der Waals surface area contributed by atoms with Crippen LogP contribution in [0.4, 0.5) is 0 Å². The van der Waals surface area contributed by atoms with Crippen LogP contribution < -0.4 is 0 Å². The SMILES string of the molecule is CCCCCC(O)CCCC(O)CCCCC/C=C/C(=O)OC. The fraction of sp³-hybridized carbons (Fsp3) is 0.842. The summed E-state index contributed by atoms with van der Waals surface area (Å²) in [4.78, 5) is 10.9. The van der Waals surface area contributed by atoms with Gasteiger partial charge in [-0.3, -0.25) is 0 Å². The summed E-state index contributed by atoms with van der Waals surface area (Å²) in [5.41, 5.74) is 0. The largest absolute Gasteiger partial charge is 0.466 e. The minimum atomic E-state index is -0.308. The third-order valence-corrected chi connectivity index (χ3v) is 4.08. The van der Waals surface area contributed by atoms with E-state index in [2.05, 4.69) is 11.7 Å². The summed E-state index contributed by atoms with van der Waals surface area (Å²) in [7, 11) is 1.37. The molecule has 0 saturated heterocycles. The Balaban J connectivity index is 3.41. The third kappa shape index (κ3) is 15.8. The van der Waals surface area contributed by atoms with Crippen molar-refractivity contribution >= 4 is 5.97 Å². The van der Waals surface area contributed by atoms with Crippen LogP contribution in [0.25, 0.3) is 0 Å². The molecule has 0 spiro atoms. The van der Waals surface area contributed by atoms with Crippen molar-refractivity contribution in [2.45, 2.75) is 96.2 Å². The third-order valence-electron chi connectivity index (χ3n) is 4.08. The number of carbonyl (C=O) groups excluding carboxylic acids is 1. The Morgan fingerprint density at radius 2 is 1.48 bits per heavy atom. The molecule has 0 amide bonds. The van der Waals surface area contributed by atoms with Gasteiger partial charge in [-0.2, -0.15) is 0 Å². The summed E-state index contributed by atoms with van der Waals surface area (Å²) in [6, 6.07) is 0. The summed E-state index contributed by atoms with van der Waals surface area (Å²) in [5.74, 6) is -0.308. The van der Waals surface area contributed by atoms with Crippen molar-refractivity contribution < 1.29 is 19.7 Å². The quantitative estimate of drug-likeness (QED) is 0.269. The normalized spacial score (nSPS) is 14.1. The molecule has 2 N–H and O–H groups in total. The number of carbonyl (C=O) groups is 1. The average molecular weight is 328 g/mol. The van der Waals surface area contributed by atoms with Gasteiger partial charge in [-0.25, -0.2) is 4.79 Å². The molecule has 136 valence electrons. The molecule has 0 aromatic rings. The van der Waals surface area contributed by atoms with Gasteiger partial charge in [-0.1, -0.05) is 45.1 Å². The zero-order valence-electron chi connectivity index (χ0n) is 15.0. The fourth-order valence-corrected chi connectivity index (χ4v) is 2.57. The lowest BCUT2D eigenvalue weighted by Gasteiger charge is -2.13. The smallest absolute Gasteiger partial charge is 0.330 e. The Kier molecular flexibility index (Phi) is 15.4. The van der Waals surface area contributed by atoms with E-state index in [1.807, 2.05) is 6.08 Å². The Morgan fingerprint density at radius 3 is 2.04 bits per heavy atom. The molecule has 0 bridgehead atoms. The number of methoxy groups -OCH3 is 1. The molecule has 4 heteroatoms. The molecule has 2 unspecified atom stereocenters. The van der Waals surface area contributed by atoms with Gasteiger partial charge in [0, 0.05) is 6.08 Å². The van der Waals surface area contributed by atoms with Crippen molar-refractivity contribution in [2.24, 2.45) is 0 Å². The van der Waals surface area contributed by atoms with E-state index in [0.717, 1.165) is 64.2 Å². The van der Waals surface area contributed by atoms with Gasteiger partial charge >= 0.3 is 5.97 Å². The summed E-state index contributed by atoms with van der Waals surface area (Å²) < 4.78 is 4.51. The molecule has 0 aromatic carbocycles. The second kappa shape index (κ2) is 16.0. The van der Waals surface area contributed by atoms with Gasteiger partial charge in [0.2, 0.25) is 0 Å². The van der Waals surface area contributed by atoms with Crippen LogP contribution in [0.3, 0.4) is 0 Å². The molecule has 4 nitrogen and oxygen atoms in total. The first kappa shape index (κ1) is 22.1. The zero-order chi connectivity index (χ0) is 17.3. The zero-order valence-corrected chi connectivity index (χ0v) is 15.0.